The predicted molar refractivity (Wildman–Crippen MR) is 102 cm³/mol. The molecular formula is C22H28N2O2. The van der Waals surface area contributed by atoms with Crippen LogP contribution in [0, 0.1) is 17.8 Å². The van der Waals surface area contributed by atoms with E-state index >= 15 is 0 Å². The van der Waals surface area contributed by atoms with E-state index in [2.05, 4.69) is 34.3 Å². The lowest BCUT2D eigenvalue weighted by Gasteiger charge is -2.60. The molecule has 0 radical (unpaired) electrons. The third-order valence-electron chi connectivity index (χ3n) is 7.02. The zero-order chi connectivity index (χ0) is 17.9. The molecule has 4 aliphatic rings. The van der Waals surface area contributed by atoms with Gasteiger partial charge in [-0.15, -0.1) is 0 Å². The van der Waals surface area contributed by atoms with Crippen LogP contribution >= 0.6 is 0 Å². The normalized spacial score (nSPS) is 36.4. The first-order valence-electron chi connectivity index (χ1n) is 10.0. The monoisotopic (exact) mass is 352 g/mol. The zero-order valence-corrected chi connectivity index (χ0v) is 15.4. The Kier molecular flexibility index (Phi) is 3.52. The van der Waals surface area contributed by atoms with Crippen LogP contribution in [0.25, 0.3) is 10.9 Å². The summed E-state index contributed by atoms with van der Waals surface area (Å²) in [6.07, 6.45) is 8.04. The van der Waals surface area contributed by atoms with Gasteiger partial charge in [0.1, 0.15) is 0 Å². The highest BCUT2D eigenvalue weighted by atomic mass is 16.3. The molecule has 1 amide bonds. The number of fused-ring (bicyclic) bond motifs is 1. The molecule has 2 aromatic rings. The second-order valence-corrected chi connectivity index (χ2v) is 9.38. The van der Waals surface area contributed by atoms with Crippen molar-refractivity contribution in [2.24, 2.45) is 17.8 Å². The van der Waals surface area contributed by atoms with Crippen LogP contribution in [-0.2, 0) is 11.3 Å². The largest absolute Gasteiger partial charge is 0.390 e. The number of hydrogen-bond donors (Lipinski definition) is 2. The Bertz CT molecular complexity index is 841. The van der Waals surface area contributed by atoms with Gasteiger partial charge in [-0.2, -0.15) is 0 Å². The minimum Gasteiger partial charge on any atom is -0.390 e. The first-order valence-corrected chi connectivity index (χ1v) is 10.0. The van der Waals surface area contributed by atoms with Gasteiger partial charge >= 0.3 is 0 Å². The van der Waals surface area contributed by atoms with Crippen molar-refractivity contribution in [2.45, 2.75) is 63.1 Å². The molecule has 1 heterocycles. The molecule has 2 N–H and O–H groups in total. The van der Waals surface area contributed by atoms with E-state index in [4.69, 9.17) is 0 Å². The van der Waals surface area contributed by atoms with Gasteiger partial charge < -0.3 is 15.0 Å². The van der Waals surface area contributed by atoms with Crippen LogP contribution in [0.15, 0.2) is 36.5 Å². The molecule has 0 saturated heterocycles. The van der Waals surface area contributed by atoms with Crippen LogP contribution in [0.4, 0.5) is 0 Å². The highest BCUT2D eigenvalue weighted by Gasteiger charge is 2.57. The maximum absolute atomic E-state index is 13.0. The van der Waals surface area contributed by atoms with E-state index in [0.717, 1.165) is 32.1 Å². The van der Waals surface area contributed by atoms with E-state index in [1.807, 2.05) is 19.1 Å². The molecule has 4 heteroatoms. The first-order chi connectivity index (χ1) is 12.4. The SMILES string of the molecule is CC(Cn1ccc2ccccc21)C(=O)NC12CC3CC(CC(O)(C3)C1)C2. The summed E-state index contributed by atoms with van der Waals surface area (Å²) >= 11 is 0. The second kappa shape index (κ2) is 5.59. The quantitative estimate of drug-likeness (QED) is 0.885. The van der Waals surface area contributed by atoms with Crippen molar-refractivity contribution in [3.63, 3.8) is 0 Å². The van der Waals surface area contributed by atoms with Gasteiger partial charge in [0.25, 0.3) is 0 Å². The maximum Gasteiger partial charge on any atom is 0.225 e. The fourth-order valence-electron chi connectivity index (χ4n) is 6.42. The number of benzene rings is 1. The molecule has 1 aromatic carbocycles. The molecule has 4 fully saturated rings. The minimum absolute atomic E-state index is 0.0894. The van der Waals surface area contributed by atoms with Gasteiger partial charge in [0.05, 0.1) is 11.5 Å². The van der Waals surface area contributed by atoms with Gasteiger partial charge in [0.15, 0.2) is 0 Å². The van der Waals surface area contributed by atoms with Crippen molar-refractivity contribution in [1.82, 2.24) is 9.88 Å². The molecule has 3 atom stereocenters. The van der Waals surface area contributed by atoms with Crippen LogP contribution in [0.2, 0.25) is 0 Å². The number of nitrogens with one attached hydrogen (secondary N) is 1. The van der Waals surface area contributed by atoms with Gasteiger partial charge in [0, 0.05) is 23.8 Å². The smallest absolute Gasteiger partial charge is 0.225 e. The Labute approximate surface area is 154 Å². The molecule has 0 aliphatic heterocycles. The summed E-state index contributed by atoms with van der Waals surface area (Å²) in [5, 5.41) is 15.5. The number of nitrogens with zero attached hydrogens (tertiary/aromatic N) is 1. The van der Waals surface area contributed by atoms with Gasteiger partial charge in [0.2, 0.25) is 5.91 Å². The average Bonchev–Trinajstić information content (AvgIpc) is 2.95. The number of hydrogen-bond acceptors (Lipinski definition) is 2. The van der Waals surface area contributed by atoms with E-state index in [9.17, 15) is 9.90 Å². The van der Waals surface area contributed by atoms with Crippen molar-refractivity contribution in [1.29, 1.82) is 0 Å². The molecule has 26 heavy (non-hydrogen) atoms. The number of aliphatic hydroxyl groups is 1. The Morgan fingerprint density at radius 2 is 1.96 bits per heavy atom. The van der Waals surface area contributed by atoms with Gasteiger partial charge in [-0.3, -0.25) is 4.79 Å². The Morgan fingerprint density at radius 3 is 2.69 bits per heavy atom. The minimum atomic E-state index is -0.531. The van der Waals surface area contributed by atoms with E-state index in [0.29, 0.717) is 18.4 Å². The number of carbonyl (C=O) groups excluding carboxylic acids is 1. The van der Waals surface area contributed by atoms with Crippen LogP contribution < -0.4 is 5.32 Å². The lowest BCUT2D eigenvalue weighted by atomic mass is 9.51. The lowest BCUT2D eigenvalue weighted by Crippen LogP contribution is -2.66. The van der Waals surface area contributed by atoms with E-state index < -0.39 is 5.60 Å². The van der Waals surface area contributed by atoms with Gasteiger partial charge in [-0.25, -0.2) is 0 Å². The lowest BCUT2D eigenvalue weighted by molar-refractivity contribution is -0.152. The molecular weight excluding hydrogens is 324 g/mol. The van der Waals surface area contributed by atoms with Crippen LogP contribution in [0.5, 0.6) is 0 Å². The van der Waals surface area contributed by atoms with Crippen LogP contribution in [0.1, 0.15) is 45.4 Å². The Hall–Kier alpha value is -1.81. The number of aromatic nitrogens is 1. The second-order valence-electron chi connectivity index (χ2n) is 9.38. The molecule has 6 rings (SSSR count). The third-order valence-corrected chi connectivity index (χ3v) is 7.02. The highest BCUT2D eigenvalue weighted by Crippen LogP contribution is 2.57. The fourth-order valence-corrected chi connectivity index (χ4v) is 6.42. The number of rotatable bonds is 4. The van der Waals surface area contributed by atoms with E-state index in [1.54, 1.807) is 0 Å². The van der Waals surface area contributed by atoms with Crippen molar-refractivity contribution in [2.75, 3.05) is 0 Å². The van der Waals surface area contributed by atoms with E-state index in [1.165, 1.54) is 17.3 Å². The molecule has 4 nitrogen and oxygen atoms in total. The van der Waals surface area contributed by atoms with Crippen LogP contribution in [0.3, 0.4) is 0 Å². The molecule has 4 bridgehead atoms. The number of amides is 1. The summed E-state index contributed by atoms with van der Waals surface area (Å²) in [4.78, 5) is 13.0. The van der Waals surface area contributed by atoms with E-state index in [-0.39, 0.29) is 17.4 Å². The molecule has 1 aromatic heterocycles. The Morgan fingerprint density at radius 1 is 1.23 bits per heavy atom. The standard InChI is InChI=1S/C22H28N2O2/c1-15(13-24-7-6-18-4-2-3-5-19(18)24)20(25)23-21-9-16-8-17(10-21)12-22(26,11-16)14-21/h2-7,15-17,26H,8-14H2,1H3,(H,23,25). The van der Waals surface area contributed by atoms with Gasteiger partial charge in [-0.1, -0.05) is 25.1 Å². The van der Waals surface area contributed by atoms with Crippen molar-refractivity contribution >= 4 is 16.8 Å². The van der Waals surface area contributed by atoms with Crippen molar-refractivity contribution in [3.8, 4) is 0 Å². The average molecular weight is 352 g/mol. The molecule has 4 saturated carbocycles. The number of carbonyl (C=O) groups is 1. The van der Waals surface area contributed by atoms with Gasteiger partial charge in [-0.05, 0) is 67.9 Å². The summed E-state index contributed by atoms with van der Waals surface area (Å²) in [5.41, 5.74) is 0.483. The van der Waals surface area contributed by atoms with Crippen molar-refractivity contribution < 1.29 is 9.90 Å². The summed E-state index contributed by atoms with van der Waals surface area (Å²) in [6.45, 7) is 2.70. The predicted octanol–water partition coefficient (Wildman–Crippen LogP) is 3.48. The van der Waals surface area contributed by atoms with Crippen LogP contribution in [-0.4, -0.2) is 26.7 Å². The Balaban J connectivity index is 1.31. The molecule has 4 aliphatic carbocycles. The third kappa shape index (κ3) is 2.66. The first kappa shape index (κ1) is 16.4. The zero-order valence-electron chi connectivity index (χ0n) is 15.4. The summed E-state index contributed by atoms with van der Waals surface area (Å²) in [6, 6.07) is 10.4. The summed E-state index contributed by atoms with van der Waals surface area (Å²) < 4.78 is 2.17. The number of para-hydroxylation sites is 1. The topological polar surface area (TPSA) is 54.3 Å². The maximum atomic E-state index is 13.0. The fraction of sp³-hybridized carbons (Fsp3) is 0.591. The molecule has 138 valence electrons. The summed E-state index contributed by atoms with van der Waals surface area (Å²) in [5.74, 6) is 1.22. The van der Waals surface area contributed by atoms with Crippen molar-refractivity contribution in [3.05, 3.63) is 36.5 Å². The summed E-state index contributed by atoms with van der Waals surface area (Å²) in [7, 11) is 0. The highest BCUT2D eigenvalue weighted by molar-refractivity contribution is 5.81. The molecule has 0 spiro atoms. The molecule has 3 unspecified atom stereocenters.